The van der Waals surface area contributed by atoms with Crippen LogP contribution in [-0.4, -0.2) is 32.3 Å². The highest BCUT2D eigenvalue weighted by Crippen LogP contribution is 2.20. The summed E-state index contributed by atoms with van der Waals surface area (Å²) >= 11 is 1.72. The number of nitrogens with one attached hydrogen (secondary N) is 1. The Bertz CT molecular complexity index is 539. The third-order valence-corrected chi connectivity index (χ3v) is 4.33. The number of hydrogen-bond acceptors (Lipinski definition) is 5. The molecule has 1 heterocycles. The van der Waals surface area contributed by atoms with Gasteiger partial charge in [-0.05, 0) is 24.6 Å². The van der Waals surface area contributed by atoms with Crippen LogP contribution >= 0.6 is 11.3 Å². The van der Waals surface area contributed by atoms with Crippen molar-refractivity contribution in [2.75, 3.05) is 32.2 Å². The van der Waals surface area contributed by atoms with Crippen LogP contribution in [0.15, 0.2) is 29.8 Å². The number of anilines is 1. The Morgan fingerprint density at radius 2 is 2.05 bits per heavy atom. The van der Waals surface area contributed by atoms with Gasteiger partial charge >= 0.3 is 0 Å². The van der Waals surface area contributed by atoms with E-state index in [-0.39, 0.29) is 0 Å². The highest BCUT2D eigenvalue weighted by Gasteiger charge is 2.06. The lowest BCUT2D eigenvalue weighted by atomic mass is 10.2. The maximum atomic E-state index is 5.02. The molecule has 2 rings (SSSR count). The minimum absolute atomic E-state index is 0.745. The number of aromatic nitrogens is 1. The molecule has 1 aromatic carbocycles. The van der Waals surface area contributed by atoms with Crippen molar-refractivity contribution in [1.29, 1.82) is 0 Å². The molecule has 4 nitrogen and oxygen atoms in total. The molecule has 1 N–H and O–H groups in total. The lowest BCUT2D eigenvalue weighted by Gasteiger charge is -2.19. The van der Waals surface area contributed by atoms with Gasteiger partial charge in [-0.1, -0.05) is 12.1 Å². The van der Waals surface area contributed by atoms with Crippen LogP contribution in [0.5, 0.6) is 0 Å². The predicted octanol–water partition coefficient (Wildman–Crippen LogP) is 2.82. The Morgan fingerprint density at radius 3 is 2.67 bits per heavy atom. The van der Waals surface area contributed by atoms with Gasteiger partial charge in [-0.15, -0.1) is 11.3 Å². The monoisotopic (exact) mass is 305 g/mol. The minimum atomic E-state index is 0.745. The first-order valence-electron chi connectivity index (χ1n) is 7.09. The number of benzene rings is 1. The summed E-state index contributed by atoms with van der Waals surface area (Å²) in [6.07, 6.45) is 0. The van der Waals surface area contributed by atoms with Crippen molar-refractivity contribution < 1.29 is 4.74 Å². The van der Waals surface area contributed by atoms with Gasteiger partial charge in [0.25, 0.3) is 0 Å². The van der Waals surface area contributed by atoms with Gasteiger partial charge in [0.2, 0.25) is 0 Å². The molecule has 1 aromatic heterocycles. The van der Waals surface area contributed by atoms with E-state index in [2.05, 4.69) is 53.4 Å². The summed E-state index contributed by atoms with van der Waals surface area (Å²) in [5, 5.41) is 3.35. The van der Waals surface area contributed by atoms with E-state index in [1.54, 1.807) is 18.4 Å². The van der Waals surface area contributed by atoms with E-state index in [9.17, 15) is 0 Å². The lowest BCUT2D eigenvalue weighted by molar-refractivity contribution is 0.199. The van der Waals surface area contributed by atoms with Crippen LogP contribution in [0.3, 0.4) is 0 Å². The molecule has 0 atom stereocenters. The van der Waals surface area contributed by atoms with Gasteiger partial charge in [-0.25, -0.2) is 4.98 Å². The molecule has 0 fully saturated rings. The van der Waals surface area contributed by atoms with Crippen molar-refractivity contribution in [3.63, 3.8) is 0 Å². The standard InChI is InChI=1S/C16H23N3OS/c1-13-16(21-12-18-13)11-19(2)15-6-4-14(5-7-15)10-17-8-9-20-3/h4-7,12,17H,8-11H2,1-3H3. The number of methoxy groups -OCH3 is 1. The number of nitrogens with zero attached hydrogens (tertiary/aromatic N) is 2. The number of rotatable bonds is 8. The van der Waals surface area contributed by atoms with Gasteiger partial charge in [0, 0.05) is 37.8 Å². The van der Waals surface area contributed by atoms with Crippen molar-refractivity contribution in [3.05, 3.63) is 45.9 Å². The maximum Gasteiger partial charge on any atom is 0.0798 e. The molecule has 2 aromatic rings. The van der Waals surface area contributed by atoms with Crippen molar-refractivity contribution in [2.24, 2.45) is 0 Å². The maximum absolute atomic E-state index is 5.02. The van der Waals surface area contributed by atoms with Gasteiger partial charge in [0.05, 0.1) is 24.4 Å². The molecule has 0 aliphatic heterocycles. The summed E-state index contributed by atoms with van der Waals surface area (Å²) in [4.78, 5) is 7.87. The van der Waals surface area contributed by atoms with Crippen LogP contribution < -0.4 is 10.2 Å². The second kappa shape index (κ2) is 8.12. The Kier molecular flexibility index (Phi) is 6.17. The van der Waals surface area contributed by atoms with E-state index >= 15 is 0 Å². The highest BCUT2D eigenvalue weighted by atomic mass is 32.1. The number of aryl methyl sites for hydroxylation is 1. The predicted molar refractivity (Wildman–Crippen MR) is 89.0 cm³/mol. The molecule has 0 saturated carbocycles. The lowest BCUT2D eigenvalue weighted by Crippen LogP contribution is -2.19. The van der Waals surface area contributed by atoms with E-state index in [4.69, 9.17) is 4.74 Å². The van der Waals surface area contributed by atoms with Crippen LogP contribution in [0, 0.1) is 6.92 Å². The second-order valence-corrected chi connectivity index (χ2v) is 5.99. The first kappa shape index (κ1) is 15.9. The summed E-state index contributed by atoms with van der Waals surface area (Å²) in [6.45, 7) is 5.47. The molecule has 0 radical (unpaired) electrons. The van der Waals surface area contributed by atoms with Gasteiger partial charge in [0.15, 0.2) is 0 Å². The average Bonchev–Trinajstić information content (AvgIpc) is 2.89. The first-order valence-corrected chi connectivity index (χ1v) is 7.97. The molecule has 0 saturated heterocycles. The number of ether oxygens (including phenoxy) is 1. The normalized spacial score (nSPS) is 10.8. The van der Waals surface area contributed by atoms with Crippen LogP contribution in [0.2, 0.25) is 0 Å². The number of hydrogen-bond donors (Lipinski definition) is 1. The summed E-state index contributed by atoms with van der Waals surface area (Å²) in [7, 11) is 3.84. The third-order valence-electron chi connectivity index (χ3n) is 3.41. The van der Waals surface area contributed by atoms with E-state index in [0.29, 0.717) is 0 Å². The summed E-state index contributed by atoms with van der Waals surface area (Å²) in [5.74, 6) is 0. The van der Waals surface area contributed by atoms with Gasteiger partial charge in [-0.2, -0.15) is 0 Å². The van der Waals surface area contributed by atoms with Crippen LogP contribution in [0.4, 0.5) is 5.69 Å². The summed E-state index contributed by atoms with van der Waals surface area (Å²) in [5.41, 5.74) is 5.55. The quantitative estimate of drug-likeness (QED) is 0.761. The molecule has 0 bridgehead atoms. The molecule has 0 spiro atoms. The minimum Gasteiger partial charge on any atom is -0.383 e. The fourth-order valence-electron chi connectivity index (χ4n) is 2.06. The molecule has 0 aliphatic rings. The van der Waals surface area contributed by atoms with E-state index < -0.39 is 0 Å². The van der Waals surface area contributed by atoms with Gasteiger partial charge in [-0.3, -0.25) is 0 Å². The van der Waals surface area contributed by atoms with E-state index in [1.165, 1.54) is 16.1 Å². The van der Waals surface area contributed by atoms with Gasteiger partial charge in [0.1, 0.15) is 0 Å². The fourth-order valence-corrected chi connectivity index (χ4v) is 2.89. The van der Waals surface area contributed by atoms with Crippen molar-refractivity contribution in [3.8, 4) is 0 Å². The zero-order valence-electron chi connectivity index (χ0n) is 12.9. The topological polar surface area (TPSA) is 37.4 Å². The summed E-state index contributed by atoms with van der Waals surface area (Å²) in [6, 6.07) is 8.68. The van der Waals surface area contributed by atoms with E-state index in [1.807, 2.05) is 5.51 Å². The largest absolute Gasteiger partial charge is 0.383 e. The molecule has 0 aliphatic carbocycles. The third kappa shape index (κ3) is 4.81. The average molecular weight is 305 g/mol. The van der Waals surface area contributed by atoms with E-state index in [0.717, 1.165) is 31.9 Å². The first-order chi connectivity index (χ1) is 10.2. The Labute approximate surface area is 130 Å². The zero-order chi connectivity index (χ0) is 15.1. The van der Waals surface area contributed by atoms with Crippen molar-refractivity contribution in [1.82, 2.24) is 10.3 Å². The second-order valence-electron chi connectivity index (χ2n) is 5.05. The zero-order valence-corrected chi connectivity index (χ0v) is 13.7. The van der Waals surface area contributed by atoms with Crippen LogP contribution in [0.1, 0.15) is 16.1 Å². The Balaban J connectivity index is 1.87. The van der Waals surface area contributed by atoms with Crippen LogP contribution in [-0.2, 0) is 17.8 Å². The fraction of sp³-hybridized carbons (Fsp3) is 0.438. The molecular formula is C16H23N3OS. The van der Waals surface area contributed by atoms with Crippen molar-refractivity contribution in [2.45, 2.75) is 20.0 Å². The molecule has 0 unspecified atom stereocenters. The van der Waals surface area contributed by atoms with Gasteiger partial charge < -0.3 is 15.0 Å². The van der Waals surface area contributed by atoms with Crippen molar-refractivity contribution >= 4 is 17.0 Å². The van der Waals surface area contributed by atoms with Crippen LogP contribution in [0.25, 0.3) is 0 Å². The smallest absolute Gasteiger partial charge is 0.0798 e. The highest BCUT2D eigenvalue weighted by molar-refractivity contribution is 7.09. The molecule has 5 heteroatoms. The Morgan fingerprint density at radius 1 is 1.29 bits per heavy atom. The Hall–Kier alpha value is -1.43. The molecule has 21 heavy (non-hydrogen) atoms. The molecular weight excluding hydrogens is 282 g/mol. The molecule has 0 amide bonds. The summed E-state index contributed by atoms with van der Waals surface area (Å²) < 4.78 is 5.02. The SMILES string of the molecule is COCCNCc1ccc(N(C)Cc2scnc2C)cc1. The number of thiazole rings is 1. The molecule has 114 valence electrons.